The number of aryl methyl sites for hydroxylation is 2. The first-order valence-electron chi connectivity index (χ1n) is 7.39. The number of carbonyl (C=O) groups is 1. The van der Waals surface area contributed by atoms with Crippen molar-refractivity contribution in [2.24, 2.45) is 5.92 Å². The maximum atomic E-state index is 12.5. The van der Waals surface area contributed by atoms with Gasteiger partial charge in [-0.1, -0.05) is 32.0 Å². The molecule has 0 aliphatic carbocycles. The molecule has 4 nitrogen and oxygen atoms in total. The molecule has 0 saturated carbocycles. The lowest BCUT2D eigenvalue weighted by atomic mass is 9.98. The Labute approximate surface area is 127 Å². The summed E-state index contributed by atoms with van der Waals surface area (Å²) in [6, 6.07) is 5.97. The average molecular weight is 309 g/mol. The molecule has 0 spiro atoms. The number of hydrogen-bond acceptors (Lipinski definition) is 3. The van der Waals surface area contributed by atoms with Gasteiger partial charge in [0.2, 0.25) is 5.91 Å². The van der Waals surface area contributed by atoms with Crippen LogP contribution in [0.5, 0.6) is 0 Å². The number of nitrogens with zero attached hydrogens (tertiary/aromatic N) is 1. The maximum absolute atomic E-state index is 12.5. The third kappa shape index (κ3) is 3.84. The van der Waals surface area contributed by atoms with Gasteiger partial charge in [0.1, 0.15) is 5.75 Å². The van der Waals surface area contributed by atoms with Crippen LogP contribution in [0.1, 0.15) is 31.4 Å². The zero-order valence-electron chi connectivity index (χ0n) is 12.9. The Kier molecular flexibility index (Phi) is 4.71. The Morgan fingerprint density at radius 3 is 2.71 bits per heavy atom. The molecule has 1 amide bonds. The van der Waals surface area contributed by atoms with E-state index in [1.807, 2.05) is 39.0 Å². The number of hydrogen-bond donors (Lipinski definition) is 0. The average Bonchev–Trinajstić information content (AvgIpc) is 2.36. The molecule has 1 heterocycles. The molecule has 0 saturated heterocycles. The van der Waals surface area contributed by atoms with E-state index in [9.17, 15) is 13.2 Å². The molecule has 1 aromatic carbocycles. The second-order valence-corrected chi connectivity index (χ2v) is 8.29. The van der Waals surface area contributed by atoms with Crippen molar-refractivity contribution in [3.8, 4) is 0 Å². The number of carbonyl (C=O) groups excluding carboxylic acids is 1. The minimum absolute atomic E-state index is 0.0400. The van der Waals surface area contributed by atoms with E-state index < -0.39 is 9.84 Å². The minimum atomic E-state index is -3.34. The fraction of sp³-hybridized carbons (Fsp3) is 0.562. The smallest absolute Gasteiger partial charge is 0.242 e. The lowest BCUT2D eigenvalue weighted by molar-refractivity contribution is -0.116. The summed E-state index contributed by atoms with van der Waals surface area (Å²) in [5.41, 5.74) is 3.08. The summed E-state index contributed by atoms with van der Waals surface area (Å²) >= 11 is 0. The monoisotopic (exact) mass is 309 g/mol. The summed E-state index contributed by atoms with van der Waals surface area (Å²) in [7, 11) is -3.34. The van der Waals surface area contributed by atoms with Crippen LogP contribution in [0.15, 0.2) is 18.2 Å². The van der Waals surface area contributed by atoms with Gasteiger partial charge in [-0.05, 0) is 36.8 Å². The van der Waals surface area contributed by atoms with E-state index in [0.717, 1.165) is 29.7 Å². The third-order valence-corrected chi connectivity index (χ3v) is 5.51. The van der Waals surface area contributed by atoms with Crippen molar-refractivity contribution in [1.29, 1.82) is 0 Å². The highest BCUT2D eigenvalue weighted by Gasteiger charge is 2.27. The molecule has 2 rings (SSSR count). The summed E-state index contributed by atoms with van der Waals surface area (Å²) in [6.45, 7) is 6.27. The van der Waals surface area contributed by atoms with Gasteiger partial charge in [0.05, 0.1) is 5.75 Å². The van der Waals surface area contributed by atoms with Crippen LogP contribution in [0.4, 0.5) is 5.69 Å². The second kappa shape index (κ2) is 6.18. The van der Waals surface area contributed by atoms with E-state index in [1.165, 1.54) is 0 Å². The van der Waals surface area contributed by atoms with Gasteiger partial charge in [-0.2, -0.15) is 0 Å². The Hall–Kier alpha value is -1.36. The van der Waals surface area contributed by atoms with E-state index in [1.54, 1.807) is 4.90 Å². The molecule has 1 aliphatic heterocycles. The van der Waals surface area contributed by atoms with Crippen molar-refractivity contribution in [3.63, 3.8) is 0 Å². The number of fused-ring (bicyclic) bond motifs is 1. The first-order chi connectivity index (χ1) is 9.80. The molecule has 1 aromatic rings. The summed E-state index contributed by atoms with van der Waals surface area (Å²) in [4.78, 5) is 14.1. The molecular formula is C16H23NO3S. The number of sulfone groups is 1. The second-order valence-electron chi connectivity index (χ2n) is 6.18. The van der Waals surface area contributed by atoms with Crippen LogP contribution in [0.3, 0.4) is 0 Å². The highest BCUT2D eigenvalue weighted by Crippen LogP contribution is 2.30. The molecule has 116 valence electrons. The van der Waals surface area contributed by atoms with Gasteiger partial charge in [-0.25, -0.2) is 8.42 Å². The van der Waals surface area contributed by atoms with Crippen LogP contribution < -0.4 is 4.90 Å². The van der Waals surface area contributed by atoms with Crippen LogP contribution >= 0.6 is 0 Å². The molecule has 5 heteroatoms. The molecule has 0 N–H and O–H groups in total. The summed E-state index contributed by atoms with van der Waals surface area (Å²) in [6.07, 6.45) is 1.83. The first-order valence-corrected chi connectivity index (χ1v) is 9.21. The zero-order valence-corrected chi connectivity index (χ0v) is 13.7. The SMILES string of the molecule is Cc1cccc2c1N(C(=O)CS(=O)(=O)CC(C)C)CCC2. The van der Waals surface area contributed by atoms with Gasteiger partial charge >= 0.3 is 0 Å². The lowest BCUT2D eigenvalue weighted by Crippen LogP contribution is -2.40. The van der Waals surface area contributed by atoms with Gasteiger partial charge in [-0.3, -0.25) is 4.79 Å². The topological polar surface area (TPSA) is 54.5 Å². The predicted molar refractivity (Wildman–Crippen MR) is 85.3 cm³/mol. The largest absolute Gasteiger partial charge is 0.311 e. The van der Waals surface area contributed by atoms with Gasteiger partial charge < -0.3 is 4.90 Å². The highest BCUT2D eigenvalue weighted by atomic mass is 32.2. The summed E-state index contributed by atoms with van der Waals surface area (Å²) in [5.74, 6) is -0.587. The Morgan fingerprint density at radius 1 is 1.33 bits per heavy atom. The van der Waals surface area contributed by atoms with Gasteiger partial charge in [0.15, 0.2) is 9.84 Å². The van der Waals surface area contributed by atoms with Crippen LogP contribution in [-0.4, -0.2) is 32.4 Å². The van der Waals surface area contributed by atoms with Crippen LogP contribution in [0, 0.1) is 12.8 Å². The molecule has 0 atom stereocenters. The number of benzene rings is 1. The summed E-state index contributed by atoms with van der Waals surface area (Å²) in [5, 5.41) is 0. The zero-order chi connectivity index (χ0) is 15.6. The van der Waals surface area contributed by atoms with Crippen molar-refractivity contribution < 1.29 is 13.2 Å². The van der Waals surface area contributed by atoms with Crippen LogP contribution in [0.2, 0.25) is 0 Å². The van der Waals surface area contributed by atoms with Crippen LogP contribution in [-0.2, 0) is 21.1 Å². The van der Waals surface area contributed by atoms with Crippen molar-refractivity contribution in [2.45, 2.75) is 33.6 Å². The molecule has 0 radical (unpaired) electrons. The molecule has 0 unspecified atom stereocenters. The van der Waals surface area contributed by atoms with Gasteiger partial charge in [-0.15, -0.1) is 0 Å². The molecular weight excluding hydrogens is 286 g/mol. The fourth-order valence-electron chi connectivity index (χ4n) is 2.93. The van der Waals surface area contributed by atoms with Crippen molar-refractivity contribution in [1.82, 2.24) is 0 Å². The van der Waals surface area contributed by atoms with Crippen molar-refractivity contribution in [3.05, 3.63) is 29.3 Å². The normalized spacial score (nSPS) is 15.1. The predicted octanol–water partition coefficient (Wildman–Crippen LogP) is 2.35. The minimum Gasteiger partial charge on any atom is -0.311 e. The fourth-order valence-corrected chi connectivity index (χ4v) is 4.60. The first kappa shape index (κ1) is 16.0. The Morgan fingerprint density at radius 2 is 2.05 bits per heavy atom. The molecule has 1 aliphatic rings. The van der Waals surface area contributed by atoms with Crippen molar-refractivity contribution >= 4 is 21.4 Å². The van der Waals surface area contributed by atoms with Crippen molar-refractivity contribution in [2.75, 3.05) is 23.0 Å². The molecule has 0 bridgehead atoms. The van der Waals surface area contributed by atoms with E-state index in [0.29, 0.717) is 6.54 Å². The van der Waals surface area contributed by atoms with E-state index >= 15 is 0 Å². The highest BCUT2D eigenvalue weighted by molar-refractivity contribution is 7.92. The standard InChI is InChI=1S/C16H23NO3S/c1-12(2)10-21(19,20)11-15(18)17-9-5-8-14-7-4-6-13(3)16(14)17/h4,6-7,12H,5,8-11H2,1-3H3. The Balaban J connectivity index is 2.23. The summed E-state index contributed by atoms with van der Waals surface area (Å²) < 4.78 is 24.1. The number of para-hydroxylation sites is 1. The molecule has 0 aromatic heterocycles. The molecule has 21 heavy (non-hydrogen) atoms. The quantitative estimate of drug-likeness (QED) is 0.858. The van der Waals surface area contributed by atoms with E-state index in [2.05, 4.69) is 0 Å². The molecule has 0 fully saturated rings. The van der Waals surface area contributed by atoms with E-state index in [-0.39, 0.29) is 23.3 Å². The van der Waals surface area contributed by atoms with Crippen LogP contribution in [0.25, 0.3) is 0 Å². The number of rotatable bonds is 4. The lowest BCUT2D eigenvalue weighted by Gasteiger charge is -2.31. The van der Waals surface area contributed by atoms with Gasteiger partial charge in [0.25, 0.3) is 0 Å². The Bertz CT molecular complexity index is 635. The number of amides is 1. The van der Waals surface area contributed by atoms with Gasteiger partial charge in [0, 0.05) is 12.2 Å². The van der Waals surface area contributed by atoms with E-state index in [4.69, 9.17) is 0 Å². The number of anilines is 1. The maximum Gasteiger partial charge on any atom is 0.242 e. The third-order valence-electron chi connectivity index (χ3n) is 3.65.